The summed E-state index contributed by atoms with van der Waals surface area (Å²) < 4.78 is 13.9. The van der Waals surface area contributed by atoms with Crippen molar-refractivity contribution in [1.82, 2.24) is 0 Å². The van der Waals surface area contributed by atoms with Gasteiger partial charge >= 0.3 is 0 Å². The van der Waals surface area contributed by atoms with Crippen LogP contribution >= 0.6 is 15.9 Å². The number of hydrogen-bond donors (Lipinski definition) is 1. The van der Waals surface area contributed by atoms with E-state index in [1.54, 1.807) is 6.07 Å². The summed E-state index contributed by atoms with van der Waals surface area (Å²) in [5.41, 5.74) is 7.04. The lowest BCUT2D eigenvalue weighted by Gasteiger charge is -2.05. The SMILES string of the molecule is CCc1cc(CN)c(F)cc1Br. The van der Waals surface area contributed by atoms with Crippen LogP contribution in [0.3, 0.4) is 0 Å². The Kier molecular flexibility index (Phi) is 3.23. The van der Waals surface area contributed by atoms with Crippen LogP contribution in [0, 0.1) is 5.82 Å². The maximum atomic E-state index is 13.1. The first-order valence-corrected chi connectivity index (χ1v) is 4.65. The largest absolute Gasteiger partial charge is 0.326 e. The molecule has 2 N–H and O–H groups in total. The summed E-state index contributed by atoms with van der Waals surface area (Å²) in [6.07, 6.45) is 0.883. The standard InChI is InChI=1S/C9H11BrFN/c1-2-6-3-7(5-12)9(11)4-8(6)10/h3-4H,2,5,12H2,1H3. The van der Waals surface area contributed by atoms with E-state index >= 15 is 0 Å². The zero-order valence-corrected chi connectivity index (χ0v) is 8.49. The minimum Gasteiger partial charge on any atom is -0.326 e. The Hall–Kier alpha value is -0.410. The lowest BCUT2D eigenvalue weighted by molar-refractivity contribution is 0.608. The summed E-state index contributed by atoms with van der Waals surface area (Å²) in [5.74, 6) is -0.235. The number of benzene rings is 1. The third kappa shape index (κ3) is 1.84. The van der Waals surface area contributed by atoms with E-state index in [0.29, 0.717) is 5.56 Å². The van der Waals surface area contributed by atoms with E-state index in [1.165, 1.54) is 6.07 Å². The molecule has 0 amide bonds. The molecule has 0 aliphatic heterocycles. The Balaban J connectivity index is 3.18. The van der Waals surface area contributed by atoms with E-state index < -0.39 is 0 Å². The number of halogens is 2. The summed E-state index contributed by atoms with van der Waals surface area (Å²) in [4.78, 5) is 0. The number of nitrogens with two attached hydrogens (primary N) is 1. The van der Waals surface area contributed by atoms with Crippen molar-refractivity contribution in [2.75, 3.05) is 0 Å². The fourth-order valence-corrected chi connectivity index (χ4v) is 1.67. The highest BCUT2D eigenvalue weighted by Gasteiger charge is 2.04. The summed E-state index contributed by atoms with van der Waals surface area (Å²) in [6, 6.07) is 3.28. The molecule has 0 atom stereocenters. The van der Waals surface area contributed by atoms with Gasteiger partial charge in [0.2, 0.25) is 0 Å². The molecule has 0 aliphatic rings. The zero-order valence-electron chi connectivity index (χ0n) is 6.90. The molecular formula is C9H11BrFN. The maximum Gasteiger partial charge on any atom is 0.128 e. The first-order chi connectivity index (χ1) is 5.69. The van der Waals surface area contributed by atoms with Crippen LogP contribution in [0.15, 0.2) is 16.6 Å². The van der Waals surface area contributed by atoms with Gasteiger partial charge < -0.3 is 5.73 Å². The Labute approximate surface area is 79.9 Å². The lowest BCUT2D eigenvalue weighted by atomic mass is 10.1. The smallest absolute Gasteiger partial charge is 0.128 e. The molecule has 0 fully saturated rings. The minimum absolute atomic E-state index is 0.235. The minimum atomic E-state index is -0.235. The molecule has 0 heterocycles. The van der Waals surface area contributed by atoms with E-state index in [-0.39, 0.29) is 12.4 Å². The molecule has 1 nitrogen and oxygen atoms in total. The van der Waals surface area contributed by atoms with Crippen molar-refractivity contribution in [1.29, 1.82) is 0 Å². The monoisotopic (exact) mass is 231 g/mol. The van der Waals surface area contributed by atoms with Crippen LogP contribution in [0.25, 0.3) is 0 Å². The van der Waals surface area contributed by atoms with E-state index in [0.717, 1.165) is 16.5 Å². The second-order valence-corrected chi connectivity index (χ2v) is 3.45. The van der Waals surface area contributed by atoms with Crippen LogP contribution in [-0.4, -0.2) is 0 Å². The van der Waals surface area contributed by atoms with Gasteiger partial charge in [0.1, 0.15) is 5.82 Å². The van der Waals surface area contributed by atoms with Crippen molar-refractivity contribution >= 4 is 15.9 Å². The average molecular weight is 232 g/mol. The first kappa shape index (κ1) is 9.68. The second kappa shape index (κ2) is 4.01. The van der Waals surface area contributed by atoms with Crippen LogP contribution in [0.5, 0.6) is 0 Å². The molecular weight excluding hydrogens is 221 g/mol. The van der Waals surface area contributed by atoms with E-state index in [2.05, 4.69) is 15.9 Å². The van der Waals surface area contributed by atoms with Crippen molar-refractivity contribution in [3.8, 4) is 0 Å². The summed E-state index contributed by atoms with van der Waals surface area (Å²) >= 11 is 3.29. The summed E-state index contributed by atoms with van der Waals surface area (Å²) in [6.45, 7) is 2.28. The summed E-state index contributed by atoms with van der Waals surface area (Å²) in [5, 5.41) is 0. The Morgan fingerprint density at radius 3 is 2.58 bits per heavy atom. The van der Waals surface area contributed by atoms with E-state index in [1.807, 2.05) is 6.92 Å². The van der Waals surface area contributed by atoms with Crippen LogP contribution < -0.4 is 5.73 Å². The molecule has 3 heteroatoms. The van der Waals surface area contributed by atoms with Gasteiger partial charge in [0.25, 0.3) is 0 Å². The van der Waals surface area contributed by atoms with Gasteiger partial charge in [-0.25, -0.2) is 4.39 Å². The van der Waals surface area contributed by atoms with E-state index in [9.17, 15) is 4.39 Å². The third-order valence-electron chi connectivity index (χ3n) is 1.82. The van der Waals surface area contributed by atoms with Crippen LogP contribution in [0.2, 0.25) is 0 Å². The normalized spacial score (nSPS) is 10.3. The van der Waals surface area contributed by atoms with Crippen molar-refractivity contribution in [3.05, 3.63) is 33.5 Å². The van der Waals surface area contributed by atoms with E-state index in [4.69, 9.17) is 5.73 Å². The number of aryl methyl sites for hydroxylation is 1. The number of rotatable bonds is 2. The predicted molar refractivity (Wildman–Crippen MR) is 51.4 cm³/mol. The molecule has 0 spiro atoms. The number of hydrogen-bond acceptors (Lipinski definition) is 1. The third-order valence-corrected chi connectivity index (χ3v) is 2.55. The van der Waals surface area contributed by atoms with Gasteiger partial charge in [-0.1, -0.05) is 28.9 Å². The molecule has 0 aliphatic carbocycles. The fraction of sp³-hybridized carbons (Fsp3) is 0.333. The highest BCUT2D eigenvalue weighted by atomic mass is 79.9. The Morgan fingerprint density at radius 2 is 2.08 bits per heavy atom. The molecule has 66 valence electrons. The molecule has 1 rings (SSSR count). The van der Waals surface area contributed by atoms with Gasteiger partial charge in [0.15, 0.2) is 0 Å². The molecule has 0 unspecified atom stereocenters. The van der Waals surface area contributed by atoms with Gasteiger partial charge in [0.05, 0.1) is 0 Å². The van der Waals surface area contributed by atoms with Crippen LogP contribution in [-0.2, 0) is 13.0 Å². The lowest BCUT2D eigenvalue weighted by Crippen LogP contribution is -2.01. The molecule has 1 aromatic carbocycles. The Bertz CT molecular complexity index is 261. The molecule has 12 heavy (non-hydrogen) atoms. The molecule has 0 aromatic heterocycles. The topological polar surface area (TPSA) is 26.0 Å². The predicted octanol–water partition coefficient (Wildman–Crippen LogP) is 2.61. The maximum absolute atomic E-state index is 13.1. The zero-order chi connectivity index (χ0) is 9.14. The van der Waals surface area contributed by atoms with Crippen LogP contribution in [0.4, 0.5) is 4.39 Å². The van der Waals surface area contributed by atoms with Gasteiger partial charge in [-0.15, -0.1) is 0 Å². The van der Waals surface area contributed by atoms with Crippen molar-refractivity contribution in [3.63, 3.8) is 0 Å². The van der Waals surface area contributed by atoms with Crippen molar-refractivity contribution in [2.45, 2.75) is 19.9 Å². The van der Waals surface area contributed by atoms with Gasteiger partial charge in [0, 0.05) is 16.6 Å². The van der Waals surface area contributed by atoms with Gasteiger partial charge in [-0.2, -0.15) is 0 Å². The molecule has 0 radical (unpaired) electrons. The molecule has 0 bridgehead atoms. The van der Waals surface area contributed by atoms with Crippen LogP contribution in [0.1, 0.15) is 18.1 Å². The van der Waals surface area contributed by atoms with Crippen molar-refractivity contribution < 1.29 is 4.39 Å². The average Bonchev–Trinajstić information content (AvgIpc) is 2.05. The molecule has 1 aromatic rings. The Morgan fingerprint density at radius 1 is 1.42 bits per heavy atom. The van der Waals surface area contributed by atoms with Crippen molar-refractivity contribution in [2.24, 2.45) is 5.73 Å². The summed E-state index contributed by atoms with van der Waals surface area (Å²) in [7, 11) is 0. The molecule has 0 saturated heterocycles. The fourth-order valence-electron chi connectivity index (χ4n) is 1.07. The first-order valence-electron chi connectivity index (χ1n) is 3.86. The van der Waals surface area contributed by atoms with Gasteiger partial charge in [-0.05, 0) is 18.1 Å². The highest BCUT2D eigenvalue weighted by molar-refractivity contribution is 9.10. The quantitative estimate of drug-likeness (QED) is 0.833. The highest BCUT2D eigenvalue weighted by Crippen LogP contribution is 2.21. The van der Waals surface area contributed by atoms with Gasteiger partial charge in [-0.3, -0.25) is 0 Å². The second-order valence-electron chi connectivity index (χ2n) is 2.59. The molecule has 0 saturated carbocycles.